The molecular weight excluding hydrogens is 318 g/mol. The number of carbonyl (C=O) groups is 1. The van der Waals surface area contributed by atoms with Crippen LogP contribution in [0.5, 0.6) is 0 Å². The second-order valence-electron chi connectivity index (χ2n) is 5.61. The Morgan fingerprint density at radius 2 is 2.00 bits per heavy atom. The average molecular weight is 340 g/mol. The fourth-order valence-corrected chi connectivity index (χ4v) is 2.88. The average Bonchev–Trinajstić information content (AvgIpc) is 2.93. The SMILES string of the molecule is CN(C)CCN(C(=O)c1ccc(Br)nc1)C1CCCC1. The summed E-state index contributed by atoms with van der Waals surface area (Å²) in [5, 5.41) is 0. The van der Waals surface area contributed by atoms with E-state index in [1.807, 2.05) is 31.1 Å². The Labute approximate surface area is 129 Å². The van der Waals surface area contributed by atoms with Gasteiger partial charge in [0.25, 0.3) is 5.91 Å². The summed E-state index contributed by atoms with van der Waals surface area (Å²) in [6.45, 7) is 1.68. The van der Waals surface area contributed by atoms with Crippen LogP contribution in [0.15, 0.2) is 22.9 Å². The second-order valence-corrected chi connectivity index (χ2v) is 6.42. The molecule has 20 heavy (non-hydrogen) atoms. The maximum absolute atomic E-state index is 12.7. The summed E-state index contributed by atoms with van der Waals surface area (Å²) in [5.74, 6) is 0.110. The highest BCUT2D eigenvalue weighted by Gasteiger charge is 2.27. The highest BCUT2D eigenvalue weighted by atomic mass is 79.9. The van der Waals surface area contributed by atoms with Gasteiger partial charge in [-0.15, -0.1) is 0 Å². The zero-order valence-corrected chi connectivity index (χ0v) is 13.8. The molecule has 1 heterocycles. The van der Waals surface area contributed by atoms with Gasteiger partial charge in [-0.25, -0.2) is 4.98 Å². The van der Waals surface area contributed by atoms with Crippen LogP contribution in [0, 0.1) is 0 Å². The van der Waals surface area contributed by atoms with Crippen molar-refractivity contribution in [1.29, 1.82) is 0 Å². The monoisotopic (exact) mass is 339 g/mol. The summed E-state index contributed by atoms with van der Waals surface area (Å²) >= 11 is 3.30. The van der Waals surface area contributed by atoms with E-state index < -0.39 is 0 Å². The Hall–Kier alpha value is -0.940. The van der Waals surface area contributed by atoms with Crippen molar-refractivity contribution >= 4 is 21.8 Å². The van der Waals surface area contributed by atoms with Gasteiger partial charge in [0.1, 0.15) is 4.60 Å². The van der Waals surface area contributed by atoms with Crippen molar-refractivity contribution in [3.05, 3.63) is 28.5 Å². The first kappa shape index (κ1) is 15.4. The van der Waals surface area contributed by atoms with E-state index in [2.05, 4.69) is 25.8 Å². The number of hydrogen-bond donors (Lipinski definition) is 0. The van der Waals surface area contributed by atoms with Crippen LogP contribution in [0.3, 0.4) is 0 Å². The molecule has 5 heteroatoms. The molecule has 4 nitrogen and oxygen atoms in total. The minimum Gasteiger partial charge on any atom is -0.334 e. The highest BCUT2D eigenvalue weighted by Crippen LogP contribution is 2.25. The predicted octanol–water partition coefficient (Wildman–Crippen LogP) is 2.79. The van der Waals surface area contributed by atoms with Gasteiger partial charge >= 0.3 is 0 Å². The van der Waals surface area contributed by atoms with Crippen LogP contribution in [0.25, 0.3) is 0 Å². The molecule has 0 radical (unpaired) electrons. The van der Waals surface area contributed by atoms with E-state index in [1.165, 1.54) is 12.8 Å². The van der Waals surface area contributed by atoms with Crippen LogP contribution < -0.4 is 0 Å². The zero-order valence-electron chi connectivity index (χ0n) is 12.2. The number of carbonyl (C=O) groups excluding carboxylic acids is 1. The molecular formula is C15H22BrN3O. The largest absolute Gasteiger partial charge is 0.334 e. The standard InChI is InChI=1S/C15H22BrN3O/c1-18(2)9-10-19(13-5-3-4-6-13)15(20)12-7-8-14(16)17-11-12/h7-8,11,13H,3-6,9-10H2,1-2H3. The molecule has 1 aliphatic rings. The topological polar surface area (TPSA) is 36.4 Å². The van der Waals surface area contributed by atoms with E-state index in [0.29, 0.717) is 11.6 Å². The number of halogens is 1. The van der Waals surface area contributed by atoms with E-state index in [-0.39, 0.29) is 5.91 Å². The first-order chi connectivity index (χ1) is 9.58. The van der Waals surface area contributed by atoms with Gasteiger partial charge in [-0.05, 0) is 55.0 Å². The van der Waals surface area contributed by atoms with Crippen molar-refractivity contribution in [3.63, 3.8) is 0 Å². The van der Waals surface area contributed by atoms with Crippen molar-refractivity contribution in [1.82, 2.24) is 14.8 Å². The van der Waals surface area contributed by atoms with E-state index in [1.54, 1.807) is 6.20 Å². The molecule has 0 spiro atoms. The van der Waals surface area contributed by atoms with E-state index in [0.717, 1.165) is 30.5 Å². The summed E-state index contributed by atoms with van der Waals surface area (Å²) in [4.78, 5) is 21.0. The normalized spacial score (nSPS) is 15.8. The number of hydrogen-bond acceptors (Lipinski definition) is 3. The fourth-order valence-electron chi connectivity index (χ4n) is 2.64. The van der Waals surface area contributed by atoms with E-state index >= 15 is 0 Å². The molecule has 1 fully saturated rings. The van der Waals surface area contributed by atoms with Crippen molar-refractivity contribution in [2.75, 3.05) is 27.2 Å². The lowest BCUT2D eigenvalue weighted by atomic mass is 10.1. The lowest BCUT2D eigenvalue weighted by Crippen LogP contribution is -2.42. The van der Waals surface area contributed by atoms with Crippen LogP contribution >= 0.6 is 15.9 Å². The van der Waals surface area contributed by atoms with Crippen LogP contribution in [-0.2, 0) is 0 Å². The third kappa shape index (κ3) is 4.03. The predicted molar refractivity (Wildman–Crippen MR) is 83.8 cm³/mol. The summed E-state index contributed by atoms with van der Waals surface area (Å²) in [6.07, 6.45) is 6.38. The summed E-state index contributed by atoms with van der Waals surface area (Å²) < 4.78 is 0.759. The summed E-state index contributed by atoms with van der Waals surface area (Å²) in [5.41, 5.74) is 0.679. The minimum absolute atomic E-state index is 0.110. The van der Waals surface area contributed by atoms with Crippen LogP contribution in [0.4, 0.5) is 0 Å². The van der Waals surface area contributed by atoms with Gasteiger partial charge in [-0.2, -0.15) is 0 Å². The maximum atomic E-state index is 12.7. The molecule has 0 aromatic carbocycles. The van der Waals surface area contributed by atoms with Crippen LogP contribution in [-0.4, -0.2) is 53.9 Å². The van der Waals surface area contributed by atoms with E-state index in [4.69, 9.17) is 0 Å². The Morgan fingerprint density at radius 1 is 1.30 bits per heavy atom. The maximum Gasteiger partial charge on any atom is 0.255 e. The zero-order chi connectivity index (χ0) is 14.5. The van der Waals surface area contributed by atoms with Crippen LogP contribution in [0.2, 0.25) is 0 Å². The van der Waals surface area contributed by atoms with Crippen molar-refractivity contribution in [3.8, 4) is 0 Å². The number of pyridine rings is 1. The number of nitrogens with zero attached hydrogens (tertiary/aromatic N) is 3. The van der Waals surface area contributed by atoms with Gasteiger partial charge in [0.15, 0.2) is 0 Å². The molecule has 0 N–H and O–H groups in total. The Balaban J connectivity index is 2.11. The molecule has 2 rings (SSSR count). The first-order valence-electron chi connectivity index (χ1n) is 7.15. The minimum atomic E-state index is 0.110. The van der Waals surface area contributed by atoms with Gasteiger partial charge in [-0.1, -0.05) is 12.8 Å². The third-order valence-electron chi connectivity index (χ3n) is 3.79. The molecule has 1 amide bonds. The molecule has 0 unspecified atom stereocenters. The fraction of sp³-hybridized carbons (Fsp3) is 0.600. The molecule has 1 aromatic rings. The van der Waals surface area contributed by atoms with Crippen molar-refractivity contribution in [2.24, 2.45) is 0 Å². The number of aromatic nitrogens is 1. The van der Waals surface area contributed by atoms with Crippen molar-refractivity contribution < 1.29 is 4.79 Å². The van der Waals surface area contributed by atoms with Gasteiger partial charge in [0, 0.05) is 25.3 Å². The molecule has 0 aliphatic heterocycles. The third-order valence-corrected chi connectivity index (χ3v) is 4.26. The molecule has 0 saturated heterocycles. The lowest BCUT2D eigenvalue weighted by Gasteiger charge is -2.30. The number of amides is 1. The Bertz CT molecular complexity index is 441. The second kappa shape index (κ2) is 7.18. The van der Waals surface area contributed by atoms with Gasteiger partial charge in [0.05, 0.1) is 5.56 Å². The van der Waals surface area contributed by atoms with E-state index in [9.17, 15) is 4.79 Å². The Morgan fingerprint density at radius 3 is 2.55 bits per heavy atom. The van der Waals surface area contributed by atoms with Gasteiger partial charge < -0.3 is 9.80 Å². The summed E-state index contributed by atoms with van der Waals surface area (Å²) in [6, 6.07) is 4.06. The molecule has 1 aromatic heterocycles. The molecule has 0 bridgehead atoms. The Kier molecular flexibility index (Phi) is 5.54. The van der Waals surface area contributed by atoms with Crippen LogP contribution in [0.1, 0.15) is 36.0 Å². The number of rotatable bonds is 5. The highest BCUT2D eigenvalue weighted by molar-refractivity contribution is 9.10. The van der Waals surface area contributed by atoms with Gasteiger partial charge in [-0.3, -0.25) is 4.79 Å². The number of likely N-dealkylation sites (N-methyl/N-ethyl adjacent to an activating group) is 1. The van der Waals surface area contributed by atoms with Gasteiger partial charge in [0.2, 0.25) is 0 Å². The molecule has 1 aliphatic carbocycles. The molecule has 110 valence electrons. The first-order valence-corrected chi connectivity index (χ1v) is 7.94. The summed E-state index contributed by atoms with van der Waals surface area (Å²) in [7, 11) is 4.08. The van der Waals surface area contributed by atoms with Crippen molar-refractivity contribution in [2.45, 2.75) is 31.7 Å². The quantitative estimate of drug-likeness (QED) is 0.774. The lowest BCUT2D eigenvalue weighted by molar-refractivity contribution is 0.0667. The molecule has 0 atom stereocenters. The molecule has 1 saturated carbocycles. The smallest absolute Gasteiger partial charge is 0.255 e.